The number of amides is 2. The molecule has 1 aromatic rings. The first-order valence-electron chi connectivity index (χ1n) is 5.76. The smallest absolute Gasteiger partial charge is 0.411 e. The molecule has 0 heterocycles. The summed E-state index contributed by atoms with van der Waals surface area (Å²) in [6.45, 7) is -2.30. The molecular formula is C12H14F2N2O4. The highest BCUT2D eigenvalue weighted by Gasteiger charge is 2.10. The SMILES string of the molecule is O=C(Nc1ccccc1NC(=O)OCCF)OCCF. The Bertz CT molecular complexity index is 416. The van der Waals surface area contributed by atoms with Crippen molar-refractivity contribution in [2.45, 2.75) is 0 Å². The largest absolute Gasteiger partial charge is 0.447 e. The van der Waals surface area contributed by atoms with Crippen LogP contribution in [0.15, 0.2) is 24.3 Å². The second kappa shape index (κ2) is 8.68. The summed E-state index contributed by atoms with van der Waals surface area (Å²) in [5.41, 5.74) is 0.488. The molecule has 0 saturated carbocycles. The van der Waals surface area contributed by atoms with Crippen LogP contribution in [-0.2, 0) is 9.47 Å². The maximum absolute atomic E-state index is 11.9. The highest BCUT2D eigenvalue weighted by atomic mass is 19.1. The number of rotatable bonds is 6. The number of carbonyl (C=O) groups is 2. The first-order chi connectivity index (χ1) is 9.67. The number of benzene rings is 1. The van der Waals surface area contributed by atoms with Crippen LogP contribution < -0.4 is 10.6 Å². The summed E-state index contributed by atoms with van der Waals surface area (Å²) < 4.78 is 32.7. The van der Waals surface area contributed by atoms with Crippen LogP contribution in [-0.4, -0.2) is 38.7 Å². The maximum Gasteiger partial charge on any atom is 0.411 e. The Hall–Kier alpha value is -2.38. The van der Waals surface area contributed by atoms with E-state index in [0.29, 0.717) is 0 Å². The lowest BCUT2D eigenvalue weighted by atomic mass is 10.2. The van der Waals surface area contributed by atoms with Gasteiger partial charge in [-0.1, -0.05) is 12.1 Å². The van der Waals surface area contributed by atoms with Crippen molar-refractivity contribution >= 4 is 23.6 Å². The number of halogens is 2. The van der Waals surface area contributed by atoms with Crippen LogP contribution in [0.4, 0.5) is 29.7 Å². The summed E-state index contributed by atoms with van der Waals surface area (Å²) >= 11 is 0. The van der Waals surface area contributed by atoms with E-state index in [2.05, 4.69) is 20.1 Å². The number of ether oxygens (including phenoxy) is 2. The van der Waals surface area contributed by atoms with Gasteiger partial charge < -0.3 is 9.47 Å². The van der Waals surface area contributed by atoms with Gasteiger partial charge in [-0.2, -0.15) is 0 Å². The Morgan fingerprint density at radius 1 is 0.900 bits per heavy atom. The van der Waals surface area contributed by atoms with E-state index >= 15 is 0 Å². The summed E-state index contributed by atoms with van der Waals surface area (Å²) in [4.78, 5) is 22.6. The average molecular weight is 288 g/mol. The first-order valence-corrected chi connectivity index (χ1v) is 5.76. The highest BCUT2D eigenvalue weighted by molar-refractivity contribution is 5.95. The molecule has 110 valence electrons. The van der Waals surface area contributed by atoms with Crippen molar-refractivity contribution in [3.05, 3.63) is 24.3 Å². The van der Waals surface area contributed by atoms with Crippen LogP contribution >= 0.6 is 0 Å². The quantitative estimate of drug-likeness (QED) is 0.843. The molecule has 0 atom stereocenters. The minimum atomic E-state index is -0.853. The molecule has 2 amide bonds. The zero-order valence-electron chi connectivity index (χ0n) is 10.5. The molecule has 6 nitrogen and oxygen atoms in total. The molecular weight excluding hydrogens is 274 g/mol. The van der Waals surface area contributed by atoms with E-state index < -0.39 is 25.5 Å². The molecule has 0 aliphatic heterocycles. The molecule has 8 heteroatoms. The average Bonchev–Trinajstić information content (AvgIpc) is 2.45. The Labute approximate surface area is 114 Å². The molecule has 1 rings (SSSR count). The predicted octanol–water partition coefficient (Wildman–Crippen LogP) is 2.72. The zero-order chi connectivity index (χ0) is 14.8. The number of para-hydroxylation sites is 2. The summed E-state index contributed by atoms with van der Waals surface area (Å²) in [5, 5.41) is 4.67. The van der Waals surface area contributed by atoms with E-state index in [9.17, 15) is 18.4 Å². The van der Waals surface area contributed by atoms with Crippen molar-refractivity contribution in [3.8, 4) is 0 Å². The van der Waals surface area contributed by atoms with E-state index in [-0.39, 0.29) is 24.6 Å². The third kappa shape index (κ3) is 5.51. The van der Waals surface area contributed by atoms with Gasteiger partial charge in [0.05, 0.1) is 11.4 Å². The monoisotopic (exact) mass is 288 g/mol. The van der Waals surface area contributed by atoms with Crippen LogP contribution in [0.1, 0.15) is 0 Å². The minimum absolute atomic E-state index is 0.244. The fraction of sp³-hybridized carbons (Fsp3) is 0.333. The predicted molar refractivity (Wildman–Crippen MR) is 68.3 cm³/mol. The van der Waals surface area contributed by atoms with Gasteiger partial charge in [-0.3, -0.25) is 10.6 Å². The van der Waals surface area contributed by atoms with Gasteiger partial charge in [-0.25, -0.2) is 18.4 Å². The van der Waals surface area contributed by atoms with Crippen LogP contribution in [0, 0.1) is 0 Å². The fourth-order valence-electron chi connectivity index (χ4n) is 1.26. The lowest BCUT2D eigenvalue weighted by Crippen LogP contribution is -2.19. The Balaban J connectivity index is 2.63. The van der Waals surface area contributed by atoms with Crippen LogP contribution in [0.25, 0.3) is 0 Å². The Morgan fingerprint density at radius 2 is 1.30 bits per heavy atom. The van der Waals surface area contributed by atoms with Gasteiger partial charge in [-0.05, 0) is 12.1 Å². The molecule has 0 saturated heterocycles. The highest BCUT2D eigenvalue weighted by Crippen LogP contribution is 2.21. The van der Waals surface area contributed by atoms with Gasteiger partial charge in [0.1, 0.15) is 26.6 Å². The summed E-state index contributed by atoms with van der Waals surface area (Å²) in [5.74, 6) is 0. The van der Waals surface area contributed by atoms with Gasteiger partial charge in [0.2, 0.25) is 0 Å². The lowest BCUT2D eigenvalue weighted by Gasteiger charge is -2.11. The van der Waals surface area contributed by atoms with Crippen molar-refractivity contribution < 1.29 is 27.8 Å². The maximum atomic E-state index is 11.9. The second-order valence-electron chi connectivity index (χ2n) is 3.45. The van der Waals surface area contributed by atoms with Gasteiger partial charge in [0.15, 0.2) is 0 Å². The van der Waals surface area contributed by atoms with E-state index in [1.165, 1.54) is 12.1 Å². The molecule has 0 aliphatic rings. The minimum Gasteiger partial charge on any atom is -0.447 e. The Kier molecular flexibility index (Phi) is 6.80. The van der Waals surface area contributed by atoms with Gasteiger partial charge in [0, 0.05) is 0 Å². The molecule has 0 aliphatic carbocycles. The van der Waals surface area contributed by atoms with Crippen molar-refractivity contribution in [2.24, 2.45) is 0 Å². The van der Waals surface area contributed by atoms with E-state index in [1.807, 2.05) is 0 Å². The standard InChI is InChI=1S/C12H14F2N2O4/c13-5-7-19-11(17)15-9-3-1-2-4-10(9)16-12(18)20-8-6-14/h1-4H,5-8H2,(H,15,17)(H,16,18). The summed E-state index contributed by atoms with van der Waals surface area (Å²) in [6.07, 6.45) is -1.71. The lowest BCUT2D eigenvalue weighted by molar-refractivity contribution is 0.151. The summed E-state index contributed by atoms with van der Waals surface area (Å²) in [6, 6.07) is 6.23. The molecule has 0 bridgehead atoms. The molecule has 1 aromatic carbocycles. The number of alkyl halides is 2. The molecule has 0 aromatic heterocycles. The van der Waals surface area contributed by atoms with Crippen molar-refractivity contribution in [3.63, 3.8) is 0 Å². The topological polar surface area (TPSA) is 76.7 Å². The normalized spacial score (nSPS) is 9.70. The second-order valence-corrected chi connectivity index (χ2v) is 3.45. The number of hydrogen-bond acceptors (Lipinski definition) is 4. The van der Waals surface area contributed by atoms with Crippen molar-refractivity contribution in [1.29, 1.82) is 0 Å². The van der Waals surface area contributed by atoms with Crippen molar-refractivity contribution in [1.82, 2.24) is 0 Å². The van der Waals surface area contributed by atoms with E-state index in [0.717, 1.165) is 0 Å². The fourth-order valence-corrected chi connectivity index (χ4v) is 1.26. The van der Waals surface area contributed by atoms with E-state index in [4.69, 9.17) is 0 Å². The number of nitrogens with one attached hydrogen (secondary N) is 2. The van der Waals surface area contributed by atoms with Gasteiger partial charge in [-0.15, -0.1) is 0 Å². The molecule has 0 spiro atoms. The Morgan fingerprint density at radius 3 is 1.65 bits per heavy atom. The molecule has 0 radical (unpaired) electrons. The first kappa shape index (κ1) is 15.7. The van der Waals surface area contributed by atoms with Crippen LogP contribution in [0.2, 0.25) is 0 Å². The third-order valence-electron chi connectivity index (χ3n) is 2.02. The third-order valence-corrected chi connectivity index (χ3v) is 2.02. The molecule has 2 N–H and O–H groups in total. The van der Waals surface area contributed by atoms with Crippen LogP contribution in [0.5, 0.6) is 0 Å². The number of carbonyl (C=O) groups excluding carboxylic acids is 2. The van der Waals surface area contributed by atoms with E-state index in [1.54, 1.807) is 12.1 Å². The number of hydrogen-bond donors (Lipinski definition) is 2. The zero-order valence-corrected chi connectivity index (χ0v) is 10.5. The van der Waals surface area contributed by atoms with Gasteiger partial charge >= 0.3 is 12.2 Å². The molecule has 0 fully saturated rings. The van der Waals surface area contributed by atoms with Crippen LogP contribution in [0.3, 0.4) is 0 Å². The van der Waals surface area contributed by atoms with Gasteiger partial charge in [0.25, 0.3) is 0 Å². The molecule has 0 unspecified atom stereocenters. The number of anilines is 2. The summed E-state index contributed by atoms with van der Waals surface area (Å²) in [7, 11) is 0. The molecule has 20 heavy (non-hydrogen) atoms. The van der Waals surface area contributed by atoms with Crippen molar-refractivity contribution in [2.75, 3.05) is 37.2 Å².